The summed E-state index contributed by atoms with van der Waals surface area (Å²) in [7, 11) is -0.748. The van der Waals surface area contributed by atoms with Gasteiger partial charge in [-0.25, -0.2) is 0 Å². The van der Waals surface area contributed by atoms with Gasteiger partial charge in [0, 0.05) is 30.8 Å². The number of nitrogens with one attached hydrogen (secondary N) is 1. The number of nitrogens with zero attached hydrogens (tertiary/aromatic N) is 1. The lowest BCUT2D eigenvalue weighted by atomic mass is 10.1. The van der Waals surface area contributed by atoms with Crippen molar-refractivity contribution in [3.8, 4) is 5.75 Å². The van der Waals surface area contributed by atoms with Gasteiger partial charge < -0.3 is 20.1 Å². The third kappa shape index (κ3) is 6.83. The lowest BCUT2D eigenvalue weighted by molar-refractivity contribution is -0.131. The van der Waals surface area contributed by atoms with Crippen LogP contribution in [0.15, 0.2) is 18.2 Å². The zero-order valence-electron chi connectivity index (χ0n) is 15.3. The summed E-state index contributed by atoms with van der Waals surface area (Å²) in [6, 6.07) is 3.08. The van der Waals surface area contributed by atoms with E-state index in [1.165, 1.54) is 19.0 Å². The van der Waals surface area contributed by atoms with Crippen LogP contribution < -0.4 is 15.2 Å². The van der Waals surface area contributed by atoms with Gasteiger partial charge in [0.05, 0.1) is 7.85 Å². The Morgan fingerprint density at radius 3 is 2.44 bits per heavy atom. The Bertz CT molecular complexity index is 769. The average Bonchev–Trinajstić information content (AvgIpc) is 3.15. The first-order valence-corrected chi connectivity index (χ1v) is 9.66. The van der Waals surface area contributed by atoms with Gasteiger partial charge in [-0.3, -0.25) is 9.59 Å². The van der Waals surface area contributed by atoms with Crippen molar-refractivity contribution in [3.05, 3.63) is 29.3 Å². The molecule has 27 heavy (non-hydrogen) atoms. The van der Waals surface area contributed by atoms with Crippen LogP contribution >= 0.6 is 0 Å². The van der Waals surface area contributed by atoms with Gasteiger partial charge in [0.1, 0.15) is 6.04 Å². The molecule has 1 fully saturated rings. The van der Waals surface area contributed by atoms with Gasteiger partial charge in [-0.1, -0.05) is 16.8 Å². The van der Waals surface area contributed by atoms with E-state index in [9.17, 15) is 21.9 Å². The zero-order chi connectivity index (χ0) is 20.6. The third-order valence-corrected chi connectivity index (χ3v) is 4.25. The van der Waals surface area contributed by atoms with Crippen molar-refractivity contribution in [2.24, 2.45) is 5.73 Å². The highest BCUT2D eigenvalue weighted by Gasteiger charge is 2.25. The first kappa shape index (κ1) is 22.9. The Hall–Kier alpha value is -2.14. The number of halogens is 1. The summed E-state index contributed by atoms with van der Waals surface area (Å²) in [5.74, 6) is -1.16. The Labute approximate surface area is 160 Å². The molecule has 1 atom stereocenters. The van der Waals surface area contributed by atoms with E-state index < -0.39 is 22.5 Å². The monoisotopic (exact) mass is 399 g/mol. The topological polar surface area (TPSA) is 119 Å². The van der Waals surface area contributed by atoms with Crippen molar-refractivity contribution in [3.63, 3.8) is 0 Å². The zero-order valence-corrected chi connectivity index (χ0v) is 16.1. The first-order chi connectivity index (χ1) is 12.7. The predicted molar refractivity (Wildman–Crippen MR) is 99.3 cm³/mol. The molecule has 1 heterocycles. The van der Waals surface area contributed by atoms with Crippen molar-refractivity contribution >= 4 is 30.2 Å². The number of hydrogen-bond acceptors (Lipinski definition) is 6. The highest BCUT2D eigenvalue weighted by molar-refractivity contribution is 7.81. The number of rotatable bonds is 6. The summed E-state index contributed by atoms with van der Waals surface area (Å²) < 4.78 is 38.4. The fraction of sp³-hybridized carbons (Fsp3) is 0.500. The van der Waals surface area contributed by atoms with Crippen molar-refractivity contribution in [2.75, 3.05) is 13.1 Å². The normalized spacial score (nSPS) is 14.7. The number of benzene rings is 1. The van der Waals surface area contributed by atoms with Crippen LogP contribution in [0, 0.1) is 0 Å². The summed E-state index contributed by atoms with van der Waals surface area (Å²) in [5, 5.41) is 2.54. The molecule has 0 spiro atoms. The molecule has 11 heteroatoms. The van der Waals surface area contributed by atoms with Crippen LogP contribution in [-0.2, 0) is 21.8 Å². The second-order valence-electron chi connectivity index (χ2n) is 5.73. The molecule has 8 nitrogen and oxygen atoms in total. The Balaban J connectivity index is 0.00000176. The summed E-state index contributed by atoms with van der Waals surface area (Å²) in [6.07, 6.45) is 1.87. The number of amides is 2. The molecule has 2 amide bonds. The van der Waals surface area contributed by atoms with Crippen LogP contribution in [0.1, 0.15) is 35.7 Å². The minimum absolute atomic E-state index is 0.0249. The second kappa shape index (κ2) is 10.3. The van der Waals surface area contributed by atoms with Gasteiger partial charge in [-0.15, -0.1) is 0 Å². The van der Waals surface area contributed by atoms with E-state index in [2.05, 4.69) is 17.3 Å². The number of likely N-dealkylation sites (tertiary alicyclic amines) is 1. The maximum absolute atomic E-state index is 12.8. The van der Waals surface area contributed by atoms with Crippen LogP contribution in [0.2, 0.25) is 6.82 Å². The fourth-order valence-corrected chi connectivity index (χ4v) is 2.97. The quantitative estimate of drug-likeness (QED) is 0.537. The SMILES string of the molecule is CC(NC(=O)c1ccc(CN)c(OS(=O)(=O)F)c1)C(=O)N1CCCC1.[B]C. The lowest BCUT2D eigenvalue weighted by Gasteiger charge is -2.21. The second-order valence-corrected chi connectivity index (χ2v) is 6.68. The number of nitrogens with two attached hydrogens (primary N) is 1. The van der Waals surface area contributed by atoms with Crippen molar-refractivity contribution in [1.29, 1.82) is 0 Å². The van der Waals surface area contributed by atoms with Gasteiger partial charge >= 0.3 is 10.5 Å². The minimum atomic E-state index is -5.25. The van der Waals surface area contributed by atoms with E-state index in [4.69, 9.17) is 5.73 Å². The lowest BCUT2D eigenvalue weighted by Crippen LogP contribution is -2.45. The minimum Gasteiger partial charge on any atom is -0.358 e. The molecule has 1 saturated heterocycles. The smallest absolute Gasteiger partial charge is 0.358 e. The summed E-state index contributed by atoms with van der Waals surface area (Å²) in [6.45, 7) is 4.29. The molecule has 2 radical (unpaired) electrons. The van der Waals surface area contributed by atoms with Gasteiger partial charge in [-0.2, -0.15) is 8.42 Å². The van der Waals surface area contributed by atoms with Crippen LogP contribution in [0.4, 0.5) is 3.89 Å². The third-order valence-electron chi connectivity index (χ3n) is 3.87. The molecule has 3 N–H and O–H groups in total. The maximum atomic E-state index is 12.8. The molecule has 1 unspecified atom stereocenters. The molecular formula is C16H23BFN3O5S. The van der Waals surface area contributed by atoms with Crippen LogP contribution in [0.3, 0.4) is 0 Å². The standard InChI is InChI=1S/C15H20FN3O5S.CH3B/c1-10(15(21)19-6-2-3-7-19)18-14(20)11-4-5-12(9-17)13(8-11)24-25(16,22)23;1-2/h4-5,8,10H,2-3,6-7,9,17H2,1H3,(H,18,20);1H3. The number of carbonyl (C=O) groups excluding carboxylic acids is 2. The molecule has 1 aromatic rings. The molecule has 0 bridgehead atoms. The summed E-state index contributed by atoms with van der Waals surface area (Å²) >= 11 is 0. The number of hydrogen-bond donors (Lipinski definition) is 2. The predicted octanol–water partition coefficient (Wildman–Crippen LogP) is 0.682. The molecule has 1 aliphatic heterocycles. The van der Waals surface area contributed by atoms with Crippen LogP contribution in [0.25, 0.3) is 0 Å². The average molecular weight is 399 g/mol. The summed E-state index contributed by atoms with van der Waals surface area (Å²) in [5.41, 5.74) is 5.68. The number of carbonyl (C=O) groups is 2. The van der Waals surface area contributed by atoms with Crippen LogP contribution in [0.5, 0.6) is 5.75 Å². The van der Waals surface area contributed by atoms with E-state index in [0.29, 0.717) is 13.1 Å². The molecule has 0 saturated carbocycles. The molecule has 1 aromatic carbocycles. The Kier molecular flexibility index (Phi) is 8.71. The highest BCUT2D eigenvalue weighted by atomic mass is 32.3. The Morgan fingerprint density at radius 2 is 1.93 bits per heavy atom. The van der Waals surface area contributed by atoms with Gasteiger partial charge in [-0.05, 0) is 31.9 Å². The molecule has 1 aliphatic rings. The molecule has 2 rings (SSSR count). The van der Waals surface area contributed by atoms with E-state index in [1.54, 1.807) is 11.8 Å². The van der Waals surface area contributed by atoms with Crippen molar-refractivity contribution in [2.45, 2.75) is 39.2 Å². The fourth-order valence-electron chi connectivity index (χ4n) is 2.60. The molecule has 0 aromatic heterocycles. The van der Waals surface area contributed by atoms with E-state index >= 15 is 0 Å². The Morgan fingerprint density at radius 1 is 1.33 bits per heavy atom. The van der Waals surface area contributed by atoms with Crippen LogP contribution in [-0.4, -0.2) is 52.1 Å². The highest BCUT2D eigenvalue weighted by Crippen LogP contribution is 2.22. The van der Waals surface area contributed by atoms with E-state index in [0.717, 1.165) is 18.9 Å². The van der Waals surface area contributed by atoms with Crippen molar-refractivity contribution in [1.82, 2.24) is 10.2 Å². The van der Waals surface area contributed by atoms with Gasteiger partial charge in [0.15, 0.2) is 5.75 Å². The van der Waals surface area contributed by atoms with Gasteiger partial charge in [0.2, 0.25) is 5.91 Å². The van der Waals surface area contributed by atoms with Crippen molar-refractivity contribution < 1.29 is 26.1 Å². The van der Waals surface area contributed by atoms with Gasteiger partial charge in [0.25, 0.3) is 5.91 Å². The first-order valence-electron chi connectivity index (χ1n) is 8.35. The largest absolute Gasteiger partial charge is 0.488 e. The van der Waals surface area contributed by atoms with E-state index in [1.807, 2.05) is 0 Å². The maximum Gasteiger partial charge on any atom is 0.488 e. The molecular weight excluding hydrogens is 376 g/mol. The molecule has 0 aliphatic carbocycles. The summed E-state index contributed by atoms with van der Waals surface area (Å²) in [4.78, 5) is 26.2. The van der Waals surface area contributed by atoms with E-state index in [-0.39, 0.29) is 29.3 Å². The molecule has 148 valence electrons.